The first-order valence-electron chi connectivity index (χ1n) is 9.11. The van der Waals surface area contributed by atoms with Crippen molar-refractivity contribution in [1.82, 2.24) is 9.88 Å². The van der Waals surface area contributed by atoms with Gasteiger partial charge in [0.15, 0.2) is 11.5 Å². The second-order valence-electron chi connectivity index (χ2n) is 6.61. The molecule has 0 bridgehead atoms. The zero-order valence-electron chi connectivity index (χ0n) is 15.9. The van der Waals surface area contributed by atoms with Gasteiger partial charge in [0.25, 0.3) is 0 Å². The van der Waals surface area contributed by atoms with Crippen LogP contribution in [0.1, 0.15) is 16.1 Å². The van der Waals surface area contributed by atoms with E-state index < -0.39 is 0 Å². The molecule has 0 unspecified atom stereocenters. The summed E-state index contributed by atoms with van der Waals surface area (Å²) in [6.45, 7) is 1.36. The number of methoxy groups -OCH3 is 2. The molecule has 0 saturated carbocycles. The van der Waals surface area contributed by atoms with E-state index in [1.54, 1.807) is 37.3 Å². The third-order valence-electron chi connectivity index (χ3n) is 4.86. The van der Waals surface area contributed by atoms with Crippen molar-refractivity contribution >= 4 is 39.2 Å². The number of hydrogen-bond donors (Lipinski definition) is 0. The van der Waals surface area contributed by atoms with Crippen LogP contribution in [0.5, 0.6) is 11.5 Å². The number of hydrogen-bond acceptors (Lipinski definition) is 6. The number of benzene rings is 2. The standard InChI is InChI=1S/C21H22N2O3S2/c1-25-17-9-14-7-8-23(11-15(14)10-18(17)26-2)21(24)13-27-12-20-22-16-5-3-4-6-19(16)28-20/h3-6,9-10H,7-8,11-13H2,1-2H3. The molecule has 28 heavy (non-hydrogen) atoms. The molecule has 0 atom stereocenters. The largest absolute Gasteiger partial charge is 0.493 e. The van der Waals surface area contributed by atoms with Crippen LogP contribution in [0.3, 0.4) is 0 Å². The molecule has 0 N–H and O–H groups in total. The van der Waals surface area contributed by atoms with Crippen LogP contribution >= 0.6 is 23.1 Å². The summed E-state index contributed by atoms with van der Waals surface area (Å²) in [7, 11) is 3.28. The van der Waals surface area contributed by atoms with Gasteiger partial charge in [-0.2, -0.15) is 0 Å². The van der Waals surface area contributed by atoms with E-state index in [0.29, 0.717) is 18.0 Å². The lowest BCUT2D eigenvalue weighted by atomic mass is 9.99. The maximum Gasteiger partial charge on any atom is 0.232 e. The lowest BCUT2D eigenvalue weighted by Gasteiger charge is -2.29. The molecule has 146 valence electrons. The van der Waals surface area contributed by atoms with Crippen molar-refractivity contribution in [3.8, 4) is 11.5 Å². The van der Waals surface area contributed by atoms with Gasteiger partial charge in [0.05, 0.1) is 30.2 Å². The van der Waals surface area contributed by atoms with Crippen molar-refractivity contribution in [3.05, 3.63) is 52.5 Å². The Balaban J connectivity index is 1.35. The number of aromatic nitrogens is 1. The summed E-state index contributed by atoms with van der Waals surface area (Å²) in [4.78, 5) is 19.2. The van der Waals surface area contributed by atoms with Crippen LogP contribution in [0.2, 0.25) is 0 Å². The third-order valence-corrected chi connectivity index (χ3v) is 7.01. The molecule has 0 radical (unpaired) electrons. The maximum absolute atomic E-state index is 12.7. The monoisotopic (exact) mass is 414 g/mol. The Morgan fingerprint density at radius 2 is 1.93 bits per heavy atom. The Bertz CT molecular complexity index is 969. The number of fused-ring (bicyclic) bond motifs is 2. The van der Waals surface area contributed by atoms with Crippen molar-refractivity contribution in [2.45, 2.75) is 18.7 Å². The molecule has 2 aromatic carbocycles. The molecule has 0 spiro atoms. The van der Waals surface area contributed by atoms with Crippen LogP contribution in [0.4, 0.5) is 0 Å². The Labute approximate surface area is 172 Å². The SMILES string of the molecule is COc1cc2c(cc1OC)CN(C(=O)CSCc1nc3ccccc3s1)CC2. The van der Waals surface area contributed by atoms with Gasteiger partial charge in [0.2, 0.25) is 5.91 Å². The maximum atomic E-state index is 12.7. The molecule has 0 saturated heterocycles. The van der Waals surface area contributed by atoms with E-state index in [1.807, 2.05) is 35.2 Å². The second-order valence-corrected chi connectivity index (χ2v) is 8.71. The number of ether oxygens (including phenoxy) is 2. The molecule has 2 heterocycles. The molecule has 0 aliphatic carbocycles. The van der Waals surface area contributed by atoms with Crippen LogP contribution in [-0.2, 0) is 23.5 Å². The van der Waals surface area contributed by atoms with E-state index in [1.165, 1.54) is 10.3 Å². The average Bonchev–Trinajstić information content (AvgIpc) is 3.14. The fraction of sp³-hybridized carbons (Fsp3) is 0.333. The normalized spacial score (nSPS) is 13.4. The van der Waals surface area contributed by atoms with Gasteiger partial charge in [-0.25, -0.2) is 4.98 Å². The molecule has 1 aromatic heterocycles. The van der Waals surface area contributed by atoms with Crippen LogP contribution in [0.15, 0.2) is 36.4 Å². The van der Waals surface area contributed by atoms with Gasteiger partial charge >= 0.3 is 0 Å². The Hall–Kier alpha value is -2.25. The summed E-state index contributed by atoms with van der Waals surface area (Å²) in [6, 6.07) is 12.2. The van der Waals surface area contributed by atoms with Crippen molar-refractivity contribution in [3.63, 3.8) is 0 Å². The second kappa shape index (κ2) is 8.41. The highest BCUT2D eigenvalue weighted by atomic mass is 32.2. The number of para-hydroxylation sites is 1. The van der Waals surface area contributed by atoms with Gasteiger partial charge in [-0.1, -0.05) is 12.1 Å². The molecule has 1 aliphatic heterocycles. The zero-order chi connectivity index (χ0) is 19.5. The fourth-order valence-corrected chi connectivity index (χ4v) is 5.34. The number of nitrogens with zero attached hydrogens (tertiary/aromatic N) is 2. The molecule has 1 amide bonds. The molecule has 4 rings (SSSR count). The van der Waals surface area contributed by atoms with Gasteiger partial charge in [0, 0.05) is 18.8 Å². The van der Waals surface area contributed by atoms with Crippen LogP contribution in [-0.4, -0.2) is 42.3 Å². The lowest BCUT2D eigenvalue weighted by molar-refractivity contribution is -0.129. The highest BCUT2D eigenvalue weighted by Crippen LogP contribution is 2.33. The van der Waals surface area contributed by atoms with Gasteiger partial charge in [-0.05, 0) is 41.8 Å². The van der Waals surface area contributed by atoms with Crippen molar-refractivity contribution in [2.24, 2.45) is 0 Å². The van der Waals surface area contributed by atoms with E-state index in [-0.39, 0.29) is 5.91 Å². The summed E-state index contributed by atoms with van der Waals surface area (Å²) >= 11 is 3.33. The fourth-order valence-electron chi connectivity index (χ4n) is 3.39. The zero-order valence-corrected chi connectivity index (χ0v) is 17.6. The smallest absolute Gasteiger partial charge is 0.232 e. The highest BCUT2D eigenvalue weighted by Gasteiger charge is 2.22. The predicted molar refractivity (Wildman–Crippen MR) is 114 cm³/mol. The summed E-state index contributed by atoms with van der Waals surface area (Å²) in [6.07, 6.45) is 0.837. The molecule has 3 aromatic rings. The molecular formula is C21H22N2O3S2. The van der Waals surface area contributed by atoms with Gasteiger partial charge in [0.1, 0.15) is 5.01 Å². The highest BCUT2D eigenvalue weighted by molar-refractivity contribution is 7.99. The van der Waals surface area contributed by atoms with E-state index in [4.69, 9.17) is 9.47 Å². The van der Waals surface area contributed by atoms with Crippen molar-refractivity contribution < 1.29 is 14.3 Å². The first-order chi connectivity index (χ1) is 13.7. The number of carbonyl (C=O) groups excluding carboxylic acids is 1. The Morgan fingerprint density at radius 3 is 2.68 bits per heavy atom. The number of thioether (sulfide) groups is 1. The number of rotatable bonds is 6. The van der Waals surface area contributed by atoms with E-state index in [2.05, 4.69) is 11.1 Å². The third kappa shape index (κ3) is 3.95. The lowest BCUT2D eigenvalue weighted by Crippen LogP contribution is -2.37. The van der Waals surface area contributed by atoms with Crippen LogP contribution in [0, 0.1) is 0 Å². The summed E-state index contributed by atoms with van der Waals surface area (Å²) in [5.74, 6) is 2.86. The molecule has 0 fully saturated rings. The number of amides is 1. The predicted octanol–water partition coefficient (Wildman–Crippen LogP) is 4.13. The van der Waals surface area contributed by atoms with E-state index >= 15 is 0 Å². The quantitative estimate of drug-likeness (QED) is 0.607. The Morgan fingerprint density at radius 1 is 1.18 bits per heavy atom. The van der Waals surface area contributed by atoms with Gasteiger partial charge in [-0.3, -0.25) is 4.79 Å². The number of thiazole rings is 1. The van der Waals surface area contributed by atoms with Crippen molar-refractivity contribution in [1.29, 1.82) is 0 Å². The van der Waals surface area contributed by atoms with Crippen molar-refractivity contribution in [2.75, 3.05) is 26.5 Å². The van der Waals surface area contributed by atoms with Crippen LogP contribution in [0.25, 0.3) is 10.2 Å². The summed E-state index contributed by atoms with van der Waals surface area (Å²) in [5.41, 5.74) is 3.39. The molecular weight excluding hydrogens is 392 g/mol. The topological polar surface area (TPSA) is 51.7 Å². The summed E-state index contributed by atoms with van der Waals surface area (Å²) < 4.78 is 12.0. The minimum absolute atomic E-state index is 0.173. The molecule has 5 nitrogen and oxygen atoms in total. The van der Waals surface area contributed by atoms with E-state index in [0.717, 1.165) is 40.6 Å². The van der Waals surface area contributed by atoms with E-state index in [9.17, 15) is 4.79 Å². The van der Waals surface area contributed by atoms with Gasteiger partial charge < -0.3 is 14.4 Å². The Kier molecular flexibility index (Phi) is 5.73. The van der Waals surface area contributed by atoms with Crippen LogP contribution < -0.4 is 9.47 Å². The average molecular weight is 415 g/mol. The molecule has 7 heteroatoms. The first-order valence-corrected chi connectivity index (χ1v) is 11.1. The van der Waals surface area contributed by atoms with Gasteiger partial charge in [-0.15, -0.1) is 23.1 Å². The number of carbonyl (C=O) groups is 1. The minimum atomic E-state index is 0.173. The molecule has 1 aliphatic rings. The first kappa shape index (κ1) is 19.1. The summed E-state index contributed by atoms with van der Waals surface area (Å²) in [5, 5.41) is 1.07. The minimum Gasteiger partial charge on any atom is -0.493 e.